The molecule has 1 aliphatic heterocycles. The first-order valence-corrected chi connectivity index (χ1v) is 11.5. The van der Waals surface area contributed by atoms with E-state index in [1.807, 2.05) is 10.7 Å². The largest absolute Gasteiger partial charge is 0.322 e. The highest BCUT2D eigenvalue weighted by Crippen LogP contribution is 2.18. The topological polar surface area (TPSA) is 52.5 Å². The maximum atomic E-state index is 13.4. The minimum absolute atomic E-state index is 0.0555. The van der Waals surface area contributed by atoms with Crippen molar-refractivity contribution in [2.24, 2.45) is 0 Å². The van der Waals surface area contributed by atoms with Crippen LogP contribution in [-0.2, 0) is 13.1 Å². The zero-order chi connectivity index (χ0) is 22.5. The van der Waals surface area contributed by atoms with E-state index in [4.69, 9.17) is 0 Å². The second-order valence-corrected chi connectivity index (χ2v) is 8.74. The molecule has 0 aliphatic carbocycles. The molecule has 0 saturated carbocycles. The lowest BCUT2D eigenvalue weighted by molar-refractivity contribution is -1.03. The predicted octanol–water partition coefficient (Wildman–Crippen LogP) is 0.934. The number of hydrogen-bond donors (Lipinski definition) is 2. The lowest BCUT2D eigenvalue weighted by Gasteiger charge is -2.34. The van der Waals surface area contributed by atoms with Crippen LogP contribution >= 0.6 is 0 Å². The zero-order valence-corrected chi connectivity index (χ0v) is 18.6. The van der Waals surface area contributed by atoms with Crippen LogP contribution in [0.5, 0.6) is 0 Å². The summed E-state index contributed by atoms with van der Waals surface area (Å²) in [6.45, 7) is 5.88. The molecule has 0 amide bonds. The second kappa shape index (κ2) is 10.0. The zero-order valence-electron chi connectivity index (χ0n) is 18.6. The van der Waals surface area contributed by atoms with Gasteiger partial charge in [0.05, 0.1) is 6.54 Å². The Morgan fingerprint density at radius 3 is 2.15 bits per heavy atom. The van der Waals surface area contributed by atoms with E-state index in [-0.39, 0.29) is 11.9 Å². The molecule has 6 nitrogen and oxygen atoms in total. The minimum atomic E-state index is -0.238. The Bertz CT molecular complexity index is 1140. The Labute approximate surface area is 193 Å². The smallest absolute Gasteiger partial charge is 0.214 e. The van der Waals surface area contributed by atoms with Gasteiger partial charge < -0.3 is 9.80 Å². The Morgan fingerprint density at radius 1 is 0.788 bits per heavy atom. The average Bonchev–Trinajstić information content (AvgIpc) is 3.31. The lowest BCUT2D eigenvalue weighted by atomic mass is 10.0. The van der Waals surface area contributed by atoms with Crippen LogP contribution in [0.4, 0.5) is 4.39 Å². The molecule has 168 valence electrons. The Kier molecular flexibility index (Phi) is 6.51. The molecular formula is C26H29FN6+2. The summed E-state index contributed by atoms with van der Waals surface area (Å²) >= 11 is 0. The highest BCUT2D eigenvalue weighted by atomic mass is 19.1. The van der Waals surface area contributed by atoms with Crippen molar-refractivity contribution in [1.82, 2.24) is 20.2 Å². The third-order valence-corrected chi connectivity index (χ3v) is 6.50. The summed E-state index contributed by atoms with van der Waals surface area (Å²) in [6, 6.07) is 27.8. The van der Waals surface area contributed by atoms with Gasteiger partial charge in [0.15, 0.2) is 6.04 Å². The fourth-order valence-corrected chi connectivity index (χ4v) is 4.78. The van der Waals surface area contributed by atoms with Gasteiger partial charge in [-0.25, -0.2) is 9.07 Å². The van der Waals surface area contributed by atoms with Gasteiger partial charge >= 0.3 is 0 Å². The monoisotopic (exact) mass is 444 g/mol. The summed E-state index contributed by atoms with van der Waals surface area (Å²) in [5, 5.41) is 12.8. The number of nitrogens with zero attached hydrogens (tertiary/aromatic N) is 4. The Morgan fingerprint density at radius 2 is 1.45 bits per heavy atom. The SMILES string of the molecule is Fc1ccc(Cn2nnnc2C(c2ccccc2)[NH+]2CC[NH+](Cc3ccccc3)CC2)cc1. The van der Waals surface area contributed by atoms with Crippen molar-refractivity contribution in [2.45, 2.75) is 19.1 Å². The molecule has 1 aromatic heterocycles. The first kappa shape index (κ1) is 21.4. The molecule has 2 N–H and O–H groups in total. The summed E-state index contributed by atoms with van der Waals surface area (Å²) in [4.78, 5) is 3.09. The summed E-state index contributed by atoms with van der Waals surface area (Å²) in [6.07, 6.45) is 0. The molecule has 3 aromatic carbocycles. The van der Waals surface area contributed by atoms with E-state index >= 15 is 0 Å². The molecule has 1 fully saturated rings. The first-order valence-electron chi connectivity index (χ1n) is 11.5. The van der Waals surface area contributed by atoms with Crippen LogP contribution in [0.15, 0.2) is 84.9 Å². The van der Waals surface area contributed by atoms with Crippen molar-refractivity contribution >= 4 is 0 Å². The van der Waals surface area contributed by atoms with Crippen LogP contribution in [-0.4, -0.2) is 46.4 Å². The van der Waals surface area contributed by atoms with Gasteiger partial charge in [-0.15, -0.1) is 5.10 Å². The third kappa shape index (κ3) is 5.16. The number of benzene rings is 3. The van der Waals surface area contributed by atoms with E-state index < -0.39 is 0 Å². The molecule has 0 radical (unpaired) electrons. The van der Waals surface area contributed by atoms with Crippen LogP contribution in [0.3, 0.4) is 0 Å². The van der Waals surface area contributed by atoms with Crippen LogP contribution in [0.1, 0.15) is 28.6 Å². The summed E-state index contributed by atoms with van der Waals surface area (Å²) in [5.74, 6) is 0.616. The molecule has 7 heteroatoms. The number of rotatable bonds is 7. The number of piperazine rings is 1. The van der Waals surface area contributed by atoms with Crippen LogP contribution in [0, 0.1) is 5.82 Å². The minimum Gasteiger partial charge on any atom is -0.322 e. The van der Waals surface area contributed by atoms with Gasteiger partial charge in [-0.05, 0) is 28.1 Å². The van der Waals surface area contributed by atoms with Crippen molar-refractivity contribution in [1.29, 1.82) is 0 Å². The maximum Gasteiger partial charge on any atom is 0.214 e. The number of halogens is 1. The van der Waals surface area contributed by atoms with E-state index in [2.05, 4.69) is 70.1 Å². The number of tetrazole rings is 1. The molecule has 5 rings (SSSR count). The van der Waals surface area contributed by atoms with Crippen LogP contribution in [0.2, 0.25) is 0 Å². The molecule has 1 aliphatic rings. The highest BCUT2D eigenvalue weighted by molar-refractivity contribution is 5.23. The van der Waals surface area contributed by atoms with Gasteiger partial charge in [0.25, 0.3) is 0 Å². The molecule has 4 aromatic rings. The number of hydrogen-bond acceptors (Lipinski definition) is 3. The van der Waals surface area contributed by atoms with Crippen molar-refractivity contribution in [2.75, 3.05) is 26.2 Å². The fourth-order valence-electron chi connectivity index (χ4n) is 4.78. The summed E-state index contributed by atoms with van der Waals surface area (Å²) in [5.41, 5.74) is 3.58. The number of aromatic nitrogens is 4. The van der Waals surface area contributed by atoms with Gasteiger partial charge in [0.2, 0.25) is 5.82 Å². The maximum absolute atomic E-state index is 13.4. The van der Waals surface area contributed by atoms with Crippen LogP contribution < -0.4 is 9.80 Å². The molecule has 33 heavy (non-hydrogen) atoms. The number of quaternary nitrogens is 2. The molecule has 1 saturated heterocycles. The van der Waals surface area contributed by atoms with E-state index in [0.29, 0.717) is 6.54 Å². The standard InChI is InChI=1S/C26H27FN6/c27-24-13-11-22(12-14-24)20-33-26(28-29-30-33)25(23-9-5-2-6-10-23)32-17-15-31(16-18-32)19-21-7-3-1-4-8-21/h1-14,25H,15-20H2/p+2. The highest BCUT2D eigenvalue weighted by Gasteiger charge is 2.35. The van der Waals surface area contributed by atoms with Gasteiger partial charge in [-0.2, -0.15) is 0 Å². The summed E-state index contributed by atoms with van der Waals surface area (Å²) < 4.78 is 15.2. The van der Waals surface area contributed by atoms with Crippen molar-refractivity contribution in [3.63, 3.8) is 0 Å². The van der Waals surface area contributed by atoms with E-state index in [1.54, 1.807) is 17.0 Å². The Hall–Kier alpha value is -3.42. The lowest BCUT2D eigenvalue weighted by Crippen LogP contribution is -3.27. The third-order valence-electron chi connectivity index (χ3n) is 6.50. The van der Waals surface area contributed by atoms with Gasteiger partial charge in [-0.1, -0.05) is 72.8 Å². The number of nitrogens with one attached hydrogen (secondary N) is 2. The van der Waals surface area contributed by atoms with Crippen molar-refractivity contribution < 1.29 is 14.2 Å². The van der Waals surface area contributed by atoms with Crippen LogP contribution in [0.25, 0.3) is 0 Å². The quantitative estimate of drug-likeness (QED) is 0.446. The average molecular weight is 445 g/mol. The summed E-state index contributed by atoms with van der Waals surface area (Å²) in [7, 11) is 0. The first-order chi connectivity index (χ1) is 16.3. The van der Waals surface area contributed by atoms with Gasteiger partial charge in [0, 0.05) is 11.1 Å². The van der Waals surface area contributed by atoms with E-state index in [0.717, 1.165) is 44.1 Å². The van der Waals surface area contributed by atoms with Gasteiger partial charge in [0.1, 0.15) is 38.5 Å². The molecule has 2 heterocycles. The second-order valence-electron chi connectivity index (χ2n) is 8.74. The molecule has 0 bridgehead atoms. The molecule has 1 atom stereocenters. The van der Waals surface area contributed by atoms with Gasteiger partial charge in [-0.3, -0.25) is 0 Å². The molecule has 0 spiro atoms. The van der Waals surface area contributed by atoms with E-state index in [1.165, 1.54) is 28.2 Å². The molecule has 1 unspecified atom stereocenters. The Balaban J connectivity index is 1.36. The van der Waals surface area contributed by atoms with Crippen molar-refractivity contribution in [3.05, 3.63) is 113 Å². The fraction of sp³-hybridized carbons (Fsp3) is 0.269. The van der Waals surface area contributed by atoms with Crippen molar-refractivity contribution in [3.8, 4) is 0 Å². The predicted molar refractivity (Wildman–Crippen MR) is 123 cm³/mol. The molecular weight excluding hydrogens is 415 g/mol. The van der Waals surface area contributed by atoms with E-state index in [9.17, 15) is 4.39 Å². The normalized spacial score (nSPS) is 19.3.